The van der Waals surface area contributed by atoms with Crippen LogP contribution in [0.4, 0.5) is 0 Å². The van der Waals surface area contributed by atoms with E-state index in [1.54, 1.807) is 48.5 Å². The number of nitriles is 1. The fourth-order valence-corrected chi connectivity index (χ4v) is 1.71. The number of esters is 1. The molecule has 0 unspecified atom stereocenters. The molecule has 2 aromatic carbocycles. The van der Waals surface area contributed by atoms with Crippen molar-refractivity contribution in [2.45, 2.75) is 13.8 Å². The van der Waals surface area contributed by atoms with E-state index in [0.717, 1.165) is 5.75 Å². The molecule has 0 heterocycles. The smallest absolute Gasteiger partial charge is 0.343 e. The molecule has 0 amide bonds. The first-order valence-corrected chi connectivity index (χ1v) is 7.03. The number of hydrogen-bond donors (Lipinski definition) is 0. The highest BCUT2D eigenvalue weighted by atomic mass is 16.5. The molecular weight excluding hydrogens is 278 g/mol. The summed E-state index contributed by atoms with van der Waals surface area (Å²) in [5.41, 5.74) is 0.965. The van der Waals surface area contributed by atoms with E-state index < -0.39 is 5.97 Å². The van der Waals surface area contributed by atoms with E-state index in [4.69, 9.17) is 14.7 Å². The SMILES string of the molecule is CC(C)COc1ccc(C(=O)Oc2ccc(C#N)cc2)cc1. The van der Waals surface area contributed by atoms with Crippen LogP contribution < -0.4 is 9.47 Å². The molecule has 4 heteroatoms. The highest BCUT2D eigenvalue weighted by Gasteiger charge is 2.09. The molecule has 0 fully saturated rings. The Hall–Kier alpha value is -2.80. The predicted octanol–water partition coefficient (Wildman–Crippen LogP) is 3.81. The van der Waals surface area contributed by atoms with Gasteiger partial charge >= 0.3 is 5.97 Å². The first-order valence-electron chi connectivity index (χ1n) is 7.03. The number of carbonyl (C=O) groups is 1. The van der Waals surface area contributed by atoms with Crippen molar-refractivity contribution in [3.63, 3.8) is 0 Å². The fraction of sp³-hybridized carbons (Fsp3) is 0.222. The summed E-state index contributed by atoms with van der Waals surface area (Å²) in [5.74, 6) is 1.13. The lowest BCUT2D eigenvalue weighted by molar-refractivity contribution is 0.0734. The first kappa shape index (κ1) is 15.6. The zero-order valence-corrected chi connectivity index (χ0v) is 12.6. The van der Waals surface area contributed by atoms with Crippen molar-refractivity contribution in [3.8, 4) is 17.6 Å². The Bertz CT molecular complexity index is 667. The quantitative estimate of drug-likeness (QED) is 0.621. The van der Waals surface area contributed by atoms with Gasteiger partial charge < -0.3 is 9.47 Å². The van der Waals surface area contributed by atoms with E-state index in [9.17, 15) is 4.79 Å². The van der Waals surface area contributed by atoms with Gasteiger partial charge in [-0.1, -0.05) is 13.8 Å². The van der Waals surface area contributed by atoms with Crippen LogP contribution in [0.25, 0.3) is 0 Å². The van der Waals surface area contributed by atoms with Gasteiger partial charge in [0.25, 0.3) is 0 Å². The maximum Gasteiger partial charge on any atom is 0.343 e. The van der Waals surface area contributed by atoms with Crippen LogP contribution in [0.3, 0.4) is 0 Å². The third-order valence-corrected chi connectivity index (χ3v) is 2.87. The monoisotopic (exact) mass is 295 g/mol. The van der Waals surface area contributed by atoms with Crippen molar-refractivity contribution in [1.29, 1.82) is 5.26 Å². The van der Waals surface area contributed by atoms with Gasteiger partial charge in [0.05, 0.1) is 23.8 Å². The molecule has 0 N–H and O–H groups in total. The summed E-state index contributed by atoms with van der Waals surface area (Å²) in [6, 6.07) is 15.2. The van der Waals surface area contributed by atoms with Gasteiger partial charge in [-0.2, -0.15) is 5.26 Å². The molecule has 0 spiro atoms. The second-order valence-electron chi connectivity index (χ2n) is 5.25. The van der Waals surface area contributed by atoms with Gasteiger partial charge in [0.15, 0.2) is 0 Å². The topological polar surface area (TPSA) is 59.3 Å². The second kappa shape index (κ2) is 7.28. The van der Waals surface area contributed by atoms with Crippen LogP contribution in [-0.2, 0) is 0 Å². The molecule has 0 aliphatic heterocycles. The largest absolute Gasteiger partial charge is 0.493 e. The van der Waals surface area contributed by atoms with Crippen molar-refractivity contribution in [2.24, 2.45) is 5.92 Å². The molecule has 4 nitrogen and oxygen atoms in total. The average Bonchev–Trinajstić information content (AvgIpc) is 2.54. The van der Waals surface area contributed by atoms with Gasteiger partial charge in [-0.15, -0.1) is 0 Å². The Kier molecular flexibility index (Phi) is 5.16. The van der Waals surface area contributed by atoms with E-state index in [2.05, 4.69) is 13.8 Å². The third kappa shape index (κ3) is 4.35. The number of benzene rings is 2. The van der Waals surface area contributed by atoms with Gasteiger partial charge in [-0.3, -0.25) is 0 Å². The molecule has 0 aliphatic carbocycles. The lowest BCUT2D eigenvalue weighted by Crippen LogP contribution is -2.09. The number of rotatable bonds is 5. The van der Waals surface area contributed by atoms with Crippen LogP contribution in [0.5, 0.6) is 11.5 Å². The van der Waals surface area contributed by atoms with Crippen LogP contribution in [0, 0.1) is 17.2 Å². The minimum absolute atomic E-state index is 0.407. The highest BCUT2D eigenvalue weighted by Crippen LogP contribution is 2.17. The molecular formula is C18H17NO3. The number of nitrogens with zero attached hydrogens (tertiary/aromatic N) is 1. The summed E-state index contributed by atoms with van der Waals surface area (Å²) < 4.78 is 10.8. The first-order chi connectivity index (χ1) is 10.6. The zero-order valence-electron chi connectivity index (χ0n) is 12.6. The van der Waals surface area contributed by atoms with Crippen molar-refractivity contribution in [3.05, 3.63) is 59.7 Å². The lowest BCUT2D eigenvalue weighted by atomic mass is 10.2. The van der Waals surface area contributed by atoms with E-state index >= 15 is 0 Å². The van der Waals surface area contributed by atoms with E-state index in [1.807, 2.05) is 6.07 Å². The predicted molar refractivity (Wildman–Crippen MR) is 82.9 cm³/mol. The van der Waals surface area contributed by atoms with E-state index in [-0.39, 0.29) is 0 Å². The van der Waals surface area contributed by atoms with Crippen molar-refractivity contribution in [2.75, 3.05) is 6.61 Å². The summed E-state index contributed by atoms with van der Waals surface area (Å²) in [7, 11) is 0. The molecule has 0 bridgehead atoms. The molecule has 22 heavy (non-hydrogen) atoms. The van der Waals surface area contributed by atoms with Gasteiger partial charge in [-0.05, 0) is 54.4 Å². The van der Waals surface area contributed by atoms with E-state index in [1.165, 1.54) is 0 Å². The Labute approximate surface area is 129 Å². The van der Waals surface area contributed by atoms with Gasteiger partial charge in [0.1, 0.15) is 11.5 Å². The Balaban J connectivity index is 1.98. The van der Waals surface area contributed by atoms with Gasteiger partial charge in [0, 0.05) is 0 Å². The highest BCUT2D eigenvalue weighted by molar-refractivity contribution is 5.91. The Morgan fingerprint density at radius 3 is 2.18 bits per heavy atom. The van der Waals surface area contributed by atoms with Crippen molar-refractivity contribution in [1.82, 2.24) is 0 Å². The third-order valence-electron chi connectivity index (χ3n) is 2.87. The second-order valence-corrected chi connectivity index (χ2v) is 5.25. The van der Waals surface area contributed by atoms with Gasteiger partial charge in [0.2, 0.25) is 0 Å². The van der Waals surface area contributed by atoms with Crippen molar-refractivity contribution < 1.29 is 14.3 Å². The van der Waals surface area contributed by atoms with Crippen molar-refractivity contribution >= 4 is 5.97 Å². The number of carbonyl (C=O) groups excluding carboxylic acids is 1. The molecule has 0 atom stereocenters. The molecule has 2 aromatic rings. The van der Waals surface area contributed by atoms with Crippen LogP contribution >= 0.6 is 0 Å². The van der Waals surface area contributed by atoms with Crippen LogP contribution in [-0.4, -0.2) is 12.6 Å². The molecule has 0 saturated heterocycles. The Morgan fingerprint density at radius 1 is 1.05 bits per heavy atom. The molecule has 0 saturated carbocycles. The summed E-state index contributed by atoms with van der Waals surface area (Å²) in [4.78, 5) is 12.0. The maximum atomic E-state index is 12.0. The molecule has 112 valence electrons. The number of hydrogen-bond acceptors (Lipinski definition) is 4. The summed E-state index contributed by atoms with van der Waals surface area (Å²) in [6.07, 6.45) is 0. The van der Waals surface area contributed by atoms with Crippen LogP contribution in [0.15, 0.2) is 48.5 Å². The molecule has 0 radical (unpaired) electrons. The Morgan fingerprint density at radius 2 is 1.64 bits per heavy atom. The normalized spacial score (nSPS) is 10.1. The average molecular weight is 295 g/mol. The fourth-order valence-electron chi connectivity index (χ4n) is 1.71. The van der Waals surface area contributed by atoms with E-state index in [0.29, 0.717) is 29.4 Å². The lowest BCUT2D eigenvalue weighted by Gasteiger charge is -2.09. The molecule has 0 aromatic heterocycles. The molecule has 0 aliphatic rings. The standard InChI is InChI=1S/C18H17NO3/c1-13(2)12-21-16-9-5-15(6-10-16)18(20)22-17-7-3-14(11-19)4-8-17/h3-10,13H,12H2,1-2H3. The minimum Gasteiger partial charge on any atom is -0.493 e. The van der Waals surface area contributed by atoms with Crippen LogP contribution in [0.1, 0.15) is 29.8 Å². The van der Waals surface area contributed by atoms with Crippen LogP contribution in [0.2, 0.25) is 0 Å². The summed E-state index contributed by atoms with van der Waals surface area (Å²) in [6.45, 7) is 4.78. The minimum atomic E-state index is -0.444. The molecule has 2 rings (SSSR count). The maximum absolute atomic E-state index is 12.0. The number of ether oxygens (including phenoxy) is 2. The zero-order chi connectivity index (χ0) is 15.9. The summed E-state index contributed by atoms with van der Waals surface area (Å²) >= 11 is 0. The van der Waals surface area contributed by atoms with Gasteiger partial charge in [-0.25, -0.2) is 4.79 Å². The summed E-state index contributed by atoms with van der Waals surface area (Å²) in [5, 5.41) is 8.72.